The van der Waals surface area contributed by atoms with E-state index in [4.69, 9.17) is 5.11 Å². The highest BCUT2D eigenvalue weighted by atomic mass is 32.2. The van der Waals surface area contributed by atoms with Crippen molar-refractivity contribution in [1.82, 2.24) is 10.2 Å². The van der Waals surface area contributed by atoms with E-state index in [-0.39, 0.29) is 6.61 Å². The van der Waals surface area contributed by atoms with E-state index in [1.165, 1.54) is 23.1 Å². The molecule has 1 heterocycles. The number of thioether (sulfide) groups is 1. The van der Waals surface area contributed by atoms with Crippen LogP contribution in [0.15, 0.2) is 4.34 Å². The smallest absolute Gasteiger partial charge is 0.179 e. The van der Waals surface area contributed by atoms with Crippen LogP contribution in [0.1, 0.15) is 0 Å². The van der Waals surface area contributed by atoms with Gasteiger partial charge in [-0.05, 0) is 0 Å². The van der Waals surface area contributed by atoms with Crippen LogP contribution in [-0.2, 0) is 0 Å². The van der Waals surface area contributed by atoms with E-state index in [1.807, 2.05) is 0 Å². The van der Waals surface area contributed by atoms with Gasteiger partial charge in [0.25, 0.3) is 0 Å². The number of aliphatic hydroxyl groups is 1. The number of hydrogen-bond acceptors (Lipinski definition) is 5. The summed E-state index contributed by atoms with van der Waals surface area (Å²) < 4.78 is 0.865. The van der Waals surface area contributed by atoms with Gasteiger partial charge in [-0.1, -0.05) is 23.1 Å². The topological polar surface area (TPSA) is 46.0 Å². The van der Waals surface area contributed by atoms with Gasteiger partial charge in [0.1, 0.15) is 0 Å². The van der Waals surface area contributed by atoms with Crippen LogP contribution in [-0.4, -0.2) is 27.7 Å². The summed E-state index contributed by atoms with van der Waals surface area (Å²) in [4.78, 5) is 0. The van der Waals surface area contributed by atoms with Crippen molar-refractivity contribution in [2.24, 2.45) is 0 Å². The number of aromatic nitrogens is 2. The van der Waals surface area contributed by atoms with E-state index < -0.39 is 0 Å². The fraction of sp³-hybridized carbons (Fsp3) is 0.500. The molecule has 1 aromatic rings. The van der Waals surface area contributed by atoms with Gasteiger partial charge in [-0.2, -0.15) is 0 Å². The van der Waals surface area contributed by atoms with Crippen LogP contribution in [0.25, 0.3) is 0 Å². The standard InChI is InChI=1S/C4H5N2OS2/c7-1-2-8-4-6-5-3-9-4/h7H,1-2H2. The predicted octanol–water partition coefficient (Wildman–Crippen LogP) is 0.423. The van der Waals surface area contributed by atoms with Gasteiger partial charge in [0.05, 0.1) is 6.61 Å². The van der Waals surface area contributed by atoms with Crippen LogP contribution in [0.2, 0.25) is 0 Å². The molecule has 1 N–H and O–H groups in total. The van der Waals surface area contributed by atoms with Crippen molar-refractivity contribution >= 4 is 23.1 Å². The third-order valence-corrected chi connectivity index (χ3v) is 2.37. The molecule has 0 unspecified atom stereocenters. The van der Waals surface area contributed by atoms with Crippen LogP contribution >= 0.6 is 23.1 Å². The highest BCUT2D eigenvalue weighted by Gasteiger charge is 1.94. The van der Waals surface area contributed by atoms with Gasteiger partial charge in [-0.15, -0.1) is 10.2 Å². The van der Waals surface area contributed by atoms with E-state index in [9.17, 15) is 0 Å². The van der Waals surface area contributed by atoms with Crippen molar-refractivity contribution in [2.75, 3.05) is 12.4 Å². The molecule has 0 aliphatic carbocycles. The van der Waals surface area contributed by atoms with E-state index in [0.717, 1.165) is 4.34 Å². The molecule has 0 aromatic carbocycles. The molecule has 0 aliphatic rings. The first-order valence-corrected chi connectivity index (χ1v) is 4.17. The van der Waals surface area contributed by atoms with E-state index in [2.05, 4.69) is 15.7 Å². The summed E-state index contributed by atoms with van der Waals surface area (Å²) in [6.45, 7) is 0.185. The SMILES string of the molecule is OCCSc1nn[c]s1. The monoisotopic (exact) mass is 161 g/mol. The minimum atomic E-state index is 0.185. The van der Waals surface area contributed by atoms with Gasteiger partial charge in [0, 0.05) is 5.75 Å². The van der Waals surface area contributed by atoms with Crippen molar-refractivity contribution in [3.8, 4) is 0 Å². The van der Waals surface area contributed by atoms with E-state index in [1.54, 1.807) is 0 Å². The highest BCUT2D eigenvalue weighted by Crippen LogP contribution is 2.17. The maximum Gasteiger partial charge on any atom is 0.179 e. The second-order valence-electron chi connectivity index (χ2n) is 1.23. The maximum absolute atomic E-state index is 8.39. The average molecular weight is 161 g/mol. The number of hydrogen-bond donors (Lipinski definition) is 1. The molecular weight excluding hydrogens is 156 g/mol. The molecule has 5 heteroatoms. The third kappa shape index (κ3) is 2.30. The zero-order valence-electron chi connectivity index (χ0n) is 4.57. The fourth-order valence-corrected chi connectivity index (χ4v) is 1.54. The average Bonchev–Trinajstić information content (AvgIpc) is 2.34. The van der Waals surface area contributed by atoms with Gasteiger partial charge in [0.15, 0.2) is 9.85 Å². The molecule has 49 valence electrons. The Labute approximate surface area is 61.1 Å². The van der Waals surface area contributed by atoms with Gasteiger partial charge >= 0.3 is 0 Å². The summed E-state index contributed by atoms with van der Waals surface area (Å²) >= 11 is 2.86. The molecule has 0 fully saturated rings. The van der Waals surface area contributed by atoms with E-state index >= 15 is 0 Å². The summed E-state index contributed by atoms with van der Waals surface area (Å²) in [7, 11) is 0. The van der Waals surface area contributed by atoms with Gasteiger partial charge in [0.2, 0.25) is 0 Å². The van der Waals surface area contributed by atoms with Crippen LogP contribution in [0, 0.1) is 5.51 Å². The molecule has 0 aliphatic heterocycles. The predicted molar refractivity (Wildman–Crippen MR) is 36.6 cm³/mol. The van der Waals surface area contributed by atoms with Crippen molar-refractivity contribution < 1.29 is 5.11 Å². The summed E-state index contributed by atoms with van der Waals surface area (Å²) in [6.07, 6.45) is 0. The molecule has 0 saturated heterocycles. The summed E-state index contributed by atoms with van der Waals surface area (Å²) in [5.74, 6) is 0.684. The highest BCUT2D eigenvalue weighted by molar-refractivity contribution is 8.01. The lowest BCUT2D eigenvalue weighted by Gasteiger charge is -1.87. The Morgan fingerprint density at radius 2 is 2.67 bits per heavy atom. The summed E-state index contributed by atoms with van der Waals surface area (Å²) in [5.41, 5.74) is 2.62. The van der Waals surface area contributed by atoms with Crippen LogP contribution < -0.4 is 0 Å². The Morgan fingerprint density at radius 1 is 1.78 bits per heavy atom. The molecule has 1 aromatic heterocycles. The Kier molecular flexibility index (Phi) is 2.96. The Hall–Kier alpha value is -0.130. The van der Waals surface area contributed by atoms with E-state index in [0.29, 0.717) is 5.75 Å². The molecule has 0 bridgehead atoms. The van der Waals surface area contributed by atoms with Gasteiger partial charge < -0.3 is 5.11 Å². The Balaban J connectivity index is 2.30. The maximum atomic E-state index is 8.39. The second kappa shape index (κ2) is 3.81. The van der Waals surface area contributed by atoms with Crippen LogP contribution in [0.3, 0.4) is 0 Å². The Bertz CT molecular complexity index is 154. The summed E-state index contributed by atoms with van der Waals surface area (Å²) in [6, 6.07) is 0. The first kappa shape index (κ1) is 6.98. The number of nitrogens with zero attached hydrogens (tertiary/aromatic N) is 2. The van der Waals surface area contributed by atoms with Gasteiger partial charge in [-0.3, -0.25) is 0 Å². The third-order valence-electron chi connectivity index (χ3n) is 0.622. The number of rotatable bonds is 3. The molecule has 1 rings (SSSR count). The normalized spacial score (nSPS) is 9.89. The van der Waals surface area contributed by atoms with Gasteiger partial charge in [-0.25, -0.2) is 0 Å². The first-order chi connectivity index (χ1) is 4.43. The molecule has 3 nitrogen and oxygen atoms in total. The molecular formula is C4H5N2OS2. The first-order valence-electron chi connectivity index (χ1n) is 2.36. The number of aliphatic hydroxyl groups excluding tert-OH is 1. The molecule has 0 amide bonds. The largest absolute Gasteiger partial charge is 0.396 e. The molecule has 0 atom stereocenters. The molecule has 0 spiro atoms. The lowest BCUT2D eigenvalue weighted by molar-refractivity contribution is 0.322. The molecule has 0 saturated carbocycles. The zero-order valence-corrected chi connectivity index (χ0v) is 6.21. The van der Waals surface area contributed by atoms with Crippen molar-refractivity contribution in [2.45, 2.75) is 4.34 Å². The lowest BCUT2D eigenvalue weighted by atomic mass is 10.9. The zero-order chi connectivity index (χ0) is 6.53. The summed E-state index contributed by atoms with van der Waals surface area (Å²) in [5, 5.41) is 15.6. The second-order valence-corrected chi connectivity index (χ2v) is 3.35. The van der Waals surface area contributed by atoms with Crippen LogP contribution in [0.5, 0.6) is 0 Å². The van der Waals surface area contributed by atoms with Crippen LogP contribution in [0.4, 0.5) is 0 Å². The Morgan fingerprint density at radius 3 is 3.22 bits per heavy atom. The van der Waals surface area contributed by atoms with Crippen molar-refractivity contribution in [1.29, 1.82) is 0 Å². The molecule has 9 heavy (non-hydrogen) atoms. The van der Waals surface area contributed by atoms with Crippen molar-refractivity contribution in [3.63, 3.8) is 0 Å². The lowest BCUT2D eigenvalue weighted by Crippen LogP contribution is -1.84. The minimum Gasteiger partial charge on any atom is -0.396 e. The fourth-order valence-electron chi connectivity index (χ4n) is 0.332. The van der Waals surface area contributed by atoms with Crippen molar-refractivity contribution in [3.05, 3.63) is 5.51 Å². The minimum absolute atomic E-state index is 0.185. The quantitative estimate of drug-likeness (QED) is 0.653. The molecule has 1 radical (unpaired) electrons.